The molecule has 0 saturated carbocycles. The third-order valence-corrected chi connectivity index (χ3v) is 3.86. The lowest BCUT2D eigenvalue weighted by Crippen LogP contribution is -2.41. The minimum absolute atomic E-state index is 0.0803. The molecular weight excluding hydrogens is 263 g/mol. The van der Waals surface area contributed by atoms with Gasteiger partial charge in [-0.05, 0) is 37.1 Å². The third kappa shape index (κ3) is 3.49. The number of piperidine rings is 1. The number of aliphatic hydroxyl groups is 1. The number of hydrogen-bond acceptors (Lipinski definition) is 3. The largest absolute Gasteiger partial charge is 0.395 e. The summed E-state index contributed by atoms with van der Waals surface area (Å²) in [6, 6.07) is 5.06. The van der Waals surface area contributed by atoms with Gasteiger partial charge in [0.15, 0.2) is 0 Å². The number of aliphatic hydroxyl groups excluding tert-OH is 1. The topological polar surface area (TPSA) is 49.5 Å². The molecule has 0 spiro atoms. The van der Waals surface area contributed by atoms with Crippen molar-refractivity contribution in [3.05, 3.63) is 35.1 Å². The predicted molar refractivity (Wildman–Crippen MR) is 77.4 cm³/mol. The molecule has 5 heteroatoms. The summed E-state index contributed by atoms with van der Waals surface area (Å²) < 4.78 is 13.5. The monoisotopic (exact) mass is 282 g/mol. The van der Waals surface area contributed by atoms with E-state index in [1.165, 1.54) is 6.07 Å². The average molecular weight is 282 g/mol. The summed E-state index contributed by atoms with van der Waals surface area (Å²) in [5.41, 5.74) is 6.78. The van der Waals surface area contributed by atoms with Crippen LogP contribution >= 0.6 is 12.2 Å². The van der Waals surface area contributed by atoms with Gasteiger partial charge >= 0.3 is 0 Å². The Bertz CT molecular complexity index is 467. The van der Waals surface area contributed by atoms with Gasteiger partial charge in [-0.1, -0.05) is 24.7 Å². The van der Waals surface area contributed by atoms with Crippen molar-refractivity contribution in [2.24, 2.45) is 5.73 Å². The smallest absolute Gasteiger partial charge is 0.133 e. The maximum atomic E-state index is 13.5. The van der Waals surface area contributed by atoms with Crippen LogP contribution in [0.2, 0.25) is 0 Å². The molecule has 19 heavy (non-hydrogen) atoms. The van der Waals surface area contributed by atoms with Crippen LogP contribution in [0.15, 0.2) is 18.2 Å². The molecule has 1 unspecified atom stereocenters. The van der Waals surface area contributed by atoms with Crippen LogP contribution in [0.5, 0.6) is 0 Å². The van der Waals surface area contributed by atoms with Crippen LogP contribution in [0.25, 0.3) is 0 Å². The van der Waals surface area contributed by atoms with Crippen molar-refractivity contribution in [1.82, 2.24) is 4.90 Å². The van der Waals surface area contributed by atoms with Crippen molar-refractivity contribution >= 4 is 17.2 Å². The molecule has 0 bridgehead atoms. The van der Waals surface area contributed by atoms with Gasteiger partial charge in [0.2, 0.25) is 0 Å². The molecule has 1 aliphatic heterocycles. The molecule has 0 aliphatic carbocycles. The number of halogens is 1. The Morgan fingerprint density at radius 3 is 2.95 bits per heavy atom. The van der Waals surface area contributed by atoms with Crippen LogP contribution in [0, 0.1) is 5.82 Å². The van der Waals surface area contributed by atoms with Crippen molar-refractivity contribution < 1.29 is 9.50 Å². The van der Waals surface area contributed by atoms with E-state index in [1.54, 1.807) is 12.1 Å². The summed E-state index contributed by atoms with van der Waals surface area (Å²) in [6.45, 7) is 1.83. The van der Waals surface area contributed by atoms with Gasteiger partial charge in [0, 0.05) is 18.2 Å². The Balaban J connectivity index is 2.14. The molecule has 0 amide bonds. The van der Waals surface area contributed by atoms with Crippen molar-refractivity contribution in [3.63, 3.8) is 0 Å². The zero-order valence-corrected chi connectivity index (χ0v) is 11.6. The van der Waals surface area contributed by atoms with Gasteiger partial charge < -0.3 is 10.8 Å². The lowest BCUT2D eigenvalue weighted by atomic mass is 10.0. The Kier molecular flexibility index (Phi) is 4.85. The fourth-order valence-corrected chi connectivity index (χ4v) is 2.73. The van der Waals surface area contributed by atoms with Crippen molar-refractivity contribution in [2.45, 2.75) is 31.8 Å². The van der Waals surface area contributed by atoms with E-state index < -0.39 is 0 Å². The predicted octanol–water partition coefficient (Wildman–Crippen LogP) is 1.81. The van der Waals surface area contributed by atoms with Gasteiger partial charge in [-0.2, -0.15) is 0 Å². The Morgan fingerprint density at radius 2 is 2.26 bits per heavy atom. The second-order valence-electron chi connectivity index (χ2n) is 4.98. The molecule has 3 N–H and O–H groups in total. The van der Waals surface area contributed by atoms with Gasteiger partial charge in [-0.15, -0.1) is 0 Å². The third-order valence-electron chi connectivity index (χ3n) is 3.64. The van der Waals surface area contributed by atoms with Gasteiger partial charge in [0.1, 0.15) is 10.8 Å². The lowest BCUT2D eigenvalue weighted by molar-refractivity contribution is 0.0841. The van der Waals surface area contributed by atoms with Crippen molar-refractivity contribution in [3.8, 4) is 0 Å². The highest BCUT2D eigenvalue weighted by atomic mass is 32.1. The summed E-state index contributed by atoms with van der Waals surface area (Å²) in [6.07, 6.45) is 3.31. The van der Waals surface area contributed by atoms with Crippen molar-refractivity contribution in [1.29, 1.82) is 0 Å². The molecule has 1 atom stereocenters. The summed E-state index contributed by atoms with van der Waals surface area (Å²) in [4.78, 5) is 2.32. The highest BCUT2D eigenvalue weighted by molar-refractivity contribution is 7.80. The number of rotatable bonds is 4. The normalized spacial score (nSPS) is 20.4. The van der Waals surface area contributed by atoms with E-state index in [1.807, 2.05) is 0 Å². The average Bonchev–Trinajstić information content (AvgIpc) is 2.41. The molecule has 3 nitrogen and oxygen atoms in total. The van der Waals surface area contributed by atoms with Gasteiger partial charge in [-0.3, -0.25) is 4.90 Å². The van der Waals surface area contributed by atoms with E-state index in [0.29, 0.717) is 12.1 Å². The molecule has 1 aliphatic rings. The molecule has 1 fully saturated rings. The molecule has 2 rings (SSSR count). The van der Waals surface area contributed by atoms with Gasteiger partial charge in [0.05, 0.1) is 6.61 Å². The van der Waals surface area contributed by atoms with E-state index in [2.05, 4.69) is 4.90 Å². The summed E-state index contributed by atoms with van der Waals surface area (Å²) in [7, 11) is 0. The second-order valence-corrected chi connectivity index (χ2v) is 5.42. The number of benzene rings is 1. The van der Waals surface area contributed by atoms with E-state index >= 15 is 0 Å². The second kappa shape index (κ2) is 6.41. The Hall–Kier alpha value is -1.04. The quantitative estimate of drug-likeness (QED) is 0.827. The van der Waals surface area contributed by atoms with E-state index in [4.69, 9.17) is 18.0 Å². The first-order valence-corrected chi connectivity index (χ1v) is 6.95. The minimum Gasteiger partial charge on any atom is -0.395 e. The van der Waals surface area contributed by atoms with Crippen LogP contribution in [0.4, 0.5) is 4.39 Å². The SMILES string of the molecule is NC(=S)c1cc(CN2CCCCC2CO)ccc1F. The summed E-state index contributed by atoms with van der Waals surface area (Å²) >= 11 is 4.84. The maximum absolute atomic E-state index is 13.5. The number of hydrogen-bond donors (Lipinski definition) is 2. The van der Waals surface area contributed by atoms with Crippen LogP contribution in [-0.4, -0.2) is 34.2 Å². The molecule has 0 aromatic heterocycles. The van der Waals surface area contributed by atoms with Crippen LogP contribution in [-0.2, 0) is 6.54 Å². The van der Waals surface area contributed by atoms with E-state index in [9.17, 15) is 9.50 Å². The number of nitrogens with zero attached hydrogens (tertiary/aromatic N) is 1. The molecule has 1 heterocycles. The standard InChI is InChI=1S/C14H19FN2OS/c15-13-5-4-10(7-12(13)14(16)19)8-17-6-2-1-3-11(17)9-18/h4-5,7,11,18H,1-3,6,8-9H2,(H2,16,19). The first kappa shape index (κ1) is 14.4. The highest BCUT2D eigenvalue weighted by Crippen LogP contribution is 2.20. The van der Waals surface area contributed by atoms with E-state index in [-0.39, 0.29) is 23.5 Å². The lowest BCUT2D eigenvalue weighted by Gasteiger charge is -2.34. The van der Waals surface area contributed by atoms with E-state index in [0.717, 1.165) is 31.4 Å². The summed E-state index contributed by atoms with van der Waals surface area (Å²) in [5, 5.41) is 9.38. The highest BCUT2D eigenvalue weighted by Gasteiger charge is 2.21. The first-order chi connectivity index (χ1) is 9.11. The van der Waals surface area contributed by atoms with Gasteiger partial charge in [-0.25, -0.2) is 4.39 Å². The van der Waals surface area contributed by atoms with Crippen LogP contribution < -0.4 is 5.73 Å². The first-order valence-electron chi connectivity index (χ1n) is 6.55. The number of nitrogens with two attached hydrogens (primary N) is 1. The summed E-state index contributed by atoms with van der Waals surface area (Å²) in [5.74, 6) is -0.381. The molecule has 104 valence electrons. The van der Waals surface area contributed by atoms with Crippen LogP contribution in [0.1, 0.15) is 30.4 Å². The molecular formula is C14H19FN2OS. The molecule has 1 aromatic carbocycles. The maximum Gasteiger partial charge on any atom is 0.133 e. The zero-order chi connectivity index (χ0) is 13.8. The fourth-order valence-electron chi connectivity index (χ4n) is 2.57. The fraction of sp³-hybridized carbons (Fsp3) is 0.500. The number of likely N-dealkylation sites (tertiary alicyclic amines) is 1. The minimum atomic E-state index is -0.381. The molecule has 1 aromatic rings. The molecule has 1 saturated heterocycles. The molecule has 0 radical (unpaired) electrons. The number of thiocarbonyl (C=S) groups is 1. The van der Waals surface area contributed by atoms with Gasteiger partial charge in [0.25, 0.3) is 0 Å². The van der Waals surface area contributed by atoms with Crippen molar-refractivity contribution in [2.75, 3.05) is 13.2 Å². The van der Waals surface area contributed by atoms with Crippen LogP contribution in [0.3, 0.4) is 0 Å². The Labute approximate surface area is 118 Å². The Morgan fingerprint density at radius 1 is 1.47 bits per heavy atom. The zero-order valence-electron chi connectivity index (χ0n) is 10.8.